The van der Waals surface area contributed by atoms with Crippen LogP contribution in [-0.4, -0.2) is 24.5 Å². The molecule has 6 nitrogen and oxygen atoms in total. The van der Waals surface area contributed by atoms with Crippen molar-refractivity contribution < 1.29 is 18.3 Å². The van der Waals surface area contributed by atoms with Crippen LogP contribution < -0.4 is 4.72 Å². The number of benzene rings is 3. The van der Waals surface area contributed by atoms with Crippen LogP contribution in [0.5, 0.6) is 0 Å². The van der Waals surface area contributed by atoms with Crippen LogP contribution in [0.25, 0.3) is 10.8 Å². The number of hydrogen-bond donors (Lipinski definition) is 2. The second-order valence-electron chi connectivity index (χ2n) is 6.62. The topological polar surface area (TPSA) is 96.4 Å². The van der Waals surface area contributed by atoms with Crippen LogP contribution >= 0.6 is 0 Å². The van der Waals surface area contributed by atoms with Crippen LogP contribution in [0.3, 0.4) is 0 Å². The van der Waals surface area contributed by atoms with Crippen LogP contribution in [0.2, 0.25) is 0 Å². The lowest BCUT2D eigenvalue weighted by Crippen LogP contribution is -2.13. The van der Waals surface area contributed by atoms with E-state index in [1.165, 1.54) is 6.07 Å². The molecule has 0 aliphatic heterocycles. The minimum atomic E-state index is -3.84. The molecule has 0 fully saturated rings. The number of hydrogen-bond acceptors (Lipinski definition) is 4. The Morgan fingerprint density at radius 3 is 2.39 bits per heavy atom. The maximum absolute atomic E-state index is 13.0. The second kappa shape index (κ2) is 8.30. The summed E-state index contributed by atoms with van der Waals surface area (Å²) in [6, 6.07) is 23.7. The number of carboxylic acid groups (broad SMARTS) is 1. The minimum absolute atomic E-state index is 0.114. The van der Waals surface area contributed by atoms with E-state index in [4.69, 9.17) is 5.11 Å². The standard InChI is InChI=1S/C24H16N2O4S/c27-24(28)23-11-5-9-20(25-23)14-12-18-7-3-4-10-22(18)26-31(29,30)21-15-13-17-6-1-2-8-19(17)16-21/h1-11,13,15-16,26H,(H,27,28). The fourth-order valence-electron chi connectivity index (χ4n) is 2.97. The molecule has 4 aromatic rings. The Kier molecular flexibility index (Phi) is 5.39. The lowest BCUT2D eigenvalue weighted by molar-refractivity contribution is 0.0690. The van der Waals surface area contributed by atoms with Crippen molar-refractivity contribution in [1.82, 2.24) is 4.98 Å². The molecular weight excluding hydrogens is 412 g/mol. The molecule has 4 rings (SSSR count). The van der Waals surface area contributed by atoms with Crippen molar-refractivity contribution in [3.05, 3.63) is 102 Å². The summed E-state index contributed by atoms with van der Waals surface area (Å²) in [5.41, 5.74) is 0.913. The average molecular weight is 428 g/mol. The number of carboxylic acids is 1. The molecule has 0 aliphatic carbocycles. The monoisotopic (exact) mass is 428 g/mol. The molecule has 0 radical (unpaired) electrons. The lowest BCUT2D eigenvalue weighted by atomic mass is 10.1. The third-order valence-corrected chi connectivity index (χ3v) is 5.86. The molecule has 0 bridgehead atoms. The SMILES string of the molecule is O=C(O)c1cccc(C#Cc2ccccc2NS(=O)(=O)c2ccc3ccccc3c2)n1. The quantitative estimate of drug-likeness (QED) is 0.477. The van der Waals surface area contributed by atoms with E-state index in [-0.39, 0.29) is 16.3 Å². The molecule has 0 spiro atoms. The number of fused-ring (bicyclic) bond motifs is 1. The van der Waals surface area contributed by atoms with Crippen LogP contribution in [-0.2, 0) is 10.0 Å². The highest BCUT2D eigenvalue weighted by Gasteiger charge is 2.16. The van der Waals surface area contributed by atoms with Gasteiger partial charge >= 0.3 is 5.97 Å². The molecule has 0 saturated heterocycles. The van der Waals surface area contributed by atoms with E-state index < -0.39 is 16.0 Å². The van der Waals surface area contributed by atoms with Gasteiger partial charge in [-0.15, -0.1) is 0 Å². The van der Waals surface area contributed by atoms with Crippen molar-refractivity contribution in [1.29, 1.82) is 0 Å². The number of nitrogens with one attached hydrogen (secondary N) is 1. The first-order valence-electron chi connectivity index (χ1n) is 9.25. The first kappa shape index (κ1) is 20.1. The normalized spacial score (nSPS) is 10.8. The van der Waals surface area contributed by atoms with E-state index in [2.05, 4.69) is 21.5 Å². The number of rotatable bonds is 4. The van der Waals surface area contributed by atoms with Crippen molar-refractivity contribution in [2.75, 3.05) is 4.72 Å². The summed E-state index contributed by atoms with van der Waals surface area (Å²) in [6.07, 6.45) is 0. The van der Waals surface area contributed by atoms with Gasteiger partial charge in [0.05, 0.1) is 10.6 Å². The predicted molar refractivity (Wildman–Crippen MR) is 118 cm³/mol. The van der Waals surface area contributed by atoms with E-state index in [1.54, 1.807) is 54.6 Å². The van der Waals surface area contributed by atoms with Gasteiger partial charge in [-0.3, -0.25) is 4.72 Å². The van der Waals surface area contributed by atoms with E-state index in [1.807, 2.05) is 24.3 Å². The zero-order valence-electron chi connectivity index (χ0n) is 16.1. The molecule has 7 heteroatoms. The number of aromatic carboxylic acids is 1. The zero-order chi connectivity index (χ0) is 21.8. The summed E-state index contributed by atoms with van der Waals surface area (Å²) in [6.45, 7) is 0. The van der Waals surface area contributed by atoms with E-state index in [9.17, 15) is 13.2 Å². The number of carbonyl (C=O) groups is 1. The molecule has 1 aromatic heterocycles. The third kappa shape index (κ3) is 4.55. The smallest absolute Gasteiger partial charge is 0.354 e. The summed E-state index contributed by atoms with van der Waals surface area (Å²) in [5.74, 6) is 4.51. The van der Waals surface area contributed by atoms with Crippen molar-refractivity contribution in [2.24, 2.45) is 0 Å². The molecule has 0 aliphatic rings. The highest BCUT2D eigenvalue weighted by molar-refractivity contribution is 7.92. The molecular formula is C24H16N2O4S. The Morgan fingerprint density at radius 2 is 1.58 bits per heavy atom. The first-order chi connectivity index (χ1) is 14.9. The number of aromatic nitrogens is 1. The molecule has 31 heavy (non-hydrogen) atoms. The van der Waals surface area contributed by atoms with Crippen LogP contribution in [0, 0.1) is 11.8 Å². The van der Waals surface area contributed by atoms with Gasteiger partial charge in [-0.1, -0.05) is 54.5 Å². The molecule has 0 amide bonds. The summed E-state index contributed by atoms with van der Waals surface area (Å²) < 4.78 is 28.5. The van der Waals surface area contributed by atoms with Gasteiger partial charge in [0.15, 0.2) is 0 Å². The molecule has 3 aromatic carbocycles. The molecule has 2 N–H and O–H groups in total. The Balaban J connectivity index is 1.66. The van der Waals surface area contributed by atoms with Gasteiger partial charge in [-0.05, 0) is 53.1 Å². The van der Waals surface area contributed by atoms with Gasteiger partial charge in [0.1, 0.15) is 11.4 Å². The van der Waals surface area contributed by atoms with Crippen molar-refractivity contribution in [2.45, 2.75) is 4.90 Å². The number of anilines is 1. The van der Waals surface area contributed by atoms with Crippen molar-refractivity contribution in [3.8, 4) is 11.8 Å². The van der Waals surface area contributed by atoms with Crippen LogP contribution in [0.1, 0.15) is 21.7 Å². The first-order valence-corrected chi connectivity index (χ1v) is 10.7. The van der Waals surface area contributed by atoms with Crippen molar-refractivity contribution >= 4 is 32.5 Å². The fourth-order valence-corrected chi connectivity index (χ4v) is 4.09. The van der Waals surface area contributed by atoms with Gasteiger partial charge in [0, 0.05) is 5.56 Å². The summed E-state index contributed by atoms with van der Waals surface area (Å²) >= 11 is 0. The Morgan fingerprint density at radius 1 is 0.839 bits per heavy atom. The highest BCUT2D eigenvalue weighted by Crippen LogP contribution is 2.23. The predicted octanol–water partition coefficient (Wildman–Crippen LogP) is 4.13. The van der Waals surface area contributed by atoms with Crippen LogP contribution in [0.4, 0.5) is 5.69 Å². The number of nitrogens with zero attached hydrogens (tertiary/aromatic N) is 1. The number of para-hydroxylation sites is 1. The minimum Gasteiger partial charge on any atom is -0.477 e. The summed E-state index contributed by atoms with van der Waals surface area (Å²) in [7, 11) is -3.84. The lowest BCUT2D eigenvalue weighted by Gasteiger charge is -2.10. The van der Waals surface area contributed by atoms with E-state index in [0.717, 1.165) is 10.8 Å². The van der Waals surface area contributed by atoms with Gasteiger partial charge in [-0.25, -0.2) is 18.2 Å². The molecule has 152 valence electrons. The number of sulfonamides is 1. The van der Waals surface area contributed by atoms with E-state index >= 15 is 0 Å². The largest absolute Gasteiger partial charge is 0.477 e. The summed E-state index contributed by atoms with van der Waals surface area (Å²) in [4.78, 5) is 15.2. The molecule has 0 unspecified atom stereocenters. The zero-order valence-corrected chi connectivity index (χ0v) is 16.9. The Labute approximate surface area is 179 Å². The molecule has 0 atom stereocenters. The van der Waals surface area contributed by atoms with Gasteiger partial charge in [-0.2, -0.15) is 0 Å². The molecule has 0 saturated carbocycles. The highest BCUT2D eigenvalue weighted by atomic mass is 32.2. The number of pyridine rings is 1. The van der Waals surface area contributed by atoms with Gasteiger partial charge in [0.25, 0.3) is 10.0 Å². The third-order valence-electron chi connectivity index (χ3n) is 4.50. The second-order valence-corrected chi connectivity index (χ2v) is 8.31. The maximum atomic E-state index is 13.0. The van der Waals surface area contributed by atoms with Gasteiger partial charge < -0.3 is 5.11 Å². The molecule has 1 heterocycles. The van der Waals surface area contributed by atoms with Crippen molar-refractivity contribution in [3.63, 3.8) is 0 Å². The van der Waals surface area contributed by atoms with E-state index in [0.29, 0.717) is 11.3 Å². The average Bonchev–Trinajstić information content (AvgIpc) is 2.78. The Hall–Kier alpha value is -4.15. The maximum Gasteiger partial charge on any atom is 0.354 e. The summed E-state index contributed by atoms with van der Waals surface area (Å²) in [5, 5.41) is 10.8. The van der Waals surface area contributed by atoms with Crippen LogP contribution in [0.15, 0.2) is 89.8 Å². The fraction of sp³-hybridized carbons (Fsp3) is 0. The van der Waals surface area contributed by atoms with Gasteiger partial charge in [0.2, 0.25) is 0 Å². The Bertz CT molecular complexity index is 1470.